The lowest BCUT2D eigenvalue weighted by molar-refractivity contribution is -0.112. The second-order valence-corrected chi connectivity index (χ2v) is 6.22. The van der Waals surface area contributed by atoms with E-state index in [0.717, 1.165) is 19.1 Å². The maximum atomic E-state index is 11.9. The van der Waals surface area contributed by atoms with E-state index in [-0.39, 0.29) is 11.7 Å². The van der Waals surface area contributed by atoms with Crippen LogP contribution in [-0.4, -0.2) is 48.2 Å². The third-order valence-electron chi connectivity index (χ3n) is 3.16. The van der Waals surface area contributed by atoms with E-state index in [1.54, 1.807) is 4.90 Å². The van der Waals surface area contributed by atoms with Gasteiger partial charge in [-0.25, -0.2) is 4.79 Å². The summed E-state index contributed by atoms with van der Waals surface area (Å²) in [5, 5.41) is 0. The standard InChI is InChI=1S/C14H25NO4/c1-13(2,3)19-12(17)15-8-6-14(4,7-9-15)18-11-5-10-16/h10H,5-9,11H2,1-4H3. The molecule has 110 valence electrons. The maximum absolute atomic E-state index is 11.9. The first-order valence-electron chi connectivity index (χ1n) is 6.81. The highest BCUT2D eigenvalue weighted by atomic mass is 16.6. The van der Waals surface area contributed by atoms with Crippen LogP contribution in [0.15, 0.2) is 0 Å². The van der Waals surface area contributed by atoms with Gasteiger partial charge in [-0.3, -0.25) is 0 Å². The van der Waals surface area contributed by atoms with Crippen molar-refractivity contribution in [3.05, 3.63) is 0 Å². The van der Waals surface area contributed by atoms with Crippen LogP contribution in [0.1, 0.15) is 47.0 Å². The van der Waals surface area contributed by atoms with Gasteiger partial charge < -0.3 is 19.2 Å². The van der Waals surface area contributed by atoms with Gasteiger partial charge in [-0.1, -0.05) is 0 Å². The van der Waals surface area contributed by atoms with E-state index >= 15 is 0 Å². The first kappa shape index (κ1) is 16.0. The Morgan fingerprint density at radius 1 is 1.32 bits per heavy atom. The van der Waals surface area contributed by atoms with Gasteiger partial charge in [0.15, 0.2) is 0 Å². The first-order valence-corrected chi connectivity index (χ1v) is 6.81. The SMILES string of the molecule is CC(C)(C)OC(=O)N1CCC(C)(OCCC=O)CC1. The van der Waals surface area contributed by atoms with E-state index in [0.29, 0.717) is 26.1 Å². The van der Waals surface area contributed by atoms with Gasteiger partial charge in [0.05, 0.1) is 12.2 Å². The molecule has 1 fully saturated rings. The first-order chi connectivity index (χ1) is 8.76. The highest BCUT2D eigenvalue weighted by Gasteiger charge is 2.34. The predicted octanol–water partition coefficient (Wildman–Crippen LogP) is 2.38. The number of hydrogen-bond acceptors (Lipinski definition) is 4. The van der Waals surface area contributed by atoms with Crippen LogP contribution in [0.3, 0.4) is 0 Å². The molecule has 5 heteroatoms. The fourth-order valence-electron chi connectivity index (χ4n) is 1.99. The number of carbonyl (C=O) groups excluding carboxylic acids is 2. The van der Waals surface area contributed by atoms with Crippen LogP contribution in [0.2, 0.25) is 0 Å². The number of hydrogen-bond donors (Lipinski definition) is 0. The Morgan fingerprint density at radius 2 is 1.89 bits per heavy atom. The average molecular weight is 271 g/mol. The molecule has 0 aliphatic carbocycles. The number of rotatable bonds is 4. The third kappa shape index (κ3) is 5.59. The summed E-state index contributed by atoms with van der Waals surface area (Å²) < 4.78 is 11.1. The molecule has 0 bridgehead atoms. The molecule has 5 nitrogen and oxygen atoms in total. The second kappa shape index (κ2) is 6.37. The molecule has 1 rings (SSSR count). The molecule has 0 saturated carbocycles. The zero-order chi connectivity index (χ0) is 14.5. The van der Waals surface area contributed by atoms with Crippen molar-refractivity contribution in [3.8, 4) is 0 Å². The molecule has 1 aliphatic heterocycles. The van der Waals surface area contributed by atoms with Gasteiger partial charge in [0.2, 0.25) is 0 Å². The predicted molar refractivity (Wildman–Crippen MR) is 72.1 cm³/mol. The molecular weight excluding hydrogens is 246 g/mol. The van der Waals surface area contributed by atoms with Crippen LogP contribution in [0.4, 0.5) is 4.79 Å². The normalized spacial score (nSPS) is 19.1. The van der Waals surface area contributed by atoms with E-state index in [1.807, 2.05) is 27.7 Å². The van der Waals surface area contributed by atoms with E-state index in [1.165, 1.54) is 0 Å². The molecule has 1 saturated heterocycles. The van der Waals surface area contributed by atoms with Crippen LogP contribution in [0.25, 0.3) is 0 Å². The van der Waals surface area contributed by atoms with E-state index in [2.05, 4.69) is 0 Å². The molecule has 0 aromatic carbocycles. The lowest BCUT2D eigenvalue weighted by Gasteiger charge is -2.39. The molecule has 0 radical (unpaired) electrons. The van der Waals surface area contributed by atoms with Crippen molar-refractivity contribution in [2.45, 2.75) is 58.2 Å². The summed E-state index contributed by atoms with van der Waals surface area (Å²) in [7, 11) is 0. The molecule has 0 atom stereocenters. The quantitative estimate of drug-likeness (QED) is 0.582. The summed E-state index contributed by atoms with van der Waals surface area (Å²) in [5.41, 5.74) is -0.695. The minimum atomic E-state index is -0.460. The summed E-state index contributed by atoms with van der Waals surface area (Å²) in [6.45, 7) is 9.33. The molecule has 1 heterocycles. The van der Waals surface area contributed by atoms with Gasteiger partial charge in [-0.15, -0.1) is 0 Å². The van der Waals surface area contributed by atoms with E-state index in [4.69, 9.17) is 9.47 Å². The average Bonchev–Trinajstić information content (AvgIpc) is 2.27. The van der Waals surface area contributed by atoms with E-state index in [9.17, 15) is 9.59 Å². The van der Waals surface area contributed by atoms with Gasteiger partial charge in [-0.05, 0) is 40.5 Å². The minimum Gasteiger partial charge on any atom is -0.444 e. The van der Waals surface area contributed by atoms with Crippen molar-refractivity contribution in [3.63, 3.8) is 0 Å². The fourth-order valence-corrected chi connectivity index (χ4v) is 1.99. The number of amides is 1. The maximum Gasteiger partial charge on any atom is 0.410 e. The van der Waals surface area contributed by atoms with Gasteiger partial charge in [-0.2, -0.15) is 0 Å². The Kier molecular flexibility index (Phi) is 5.35. The highest BCUT2D eigenvalue weighted by Crippen LogP contribution is 2.26. The molecule has 19 heavy (non-hydrogen) atoms. The highest BCUT2D eigenvalue weighted by molar-refractivity contribution is 5.68. The lowest BCUT2D eigenvalue weighted by atomic mass is 9.93. The Labute approximate surface area is 115 Å². The smallest absolute Gasteiger partial charge is 0.410 e. The second-order valence-electron chi connectivity index (χ2n) is 6.22. The van der Waals surface area contributed by atoms with Gasteiger partial charge in [0, 0.05) is 19.5 Å². The van der Waals surface area contributed by atoms with Crippen LogP contribution >= 0.6 is 0 Å². The Balaban J connectivity index is 2.39. The molecule has 0 N–H and O–H groups in total. The van der Waals surface area contributed by atoms with Crippen molar-refractivity contribution in [2.24, 2.45) is 0 Å². The molecule has 0 spiro atoms. The summed E-state index contributed by atoms with van der Waals surface area (Å²) in [6, 6.07) is 0. The number of carbonyl (C=O) groups is 2. The number of likely N-dealkylation sites (tertiary alicyclic amines) is 1. The number of ether oxygens (including phenoxy) is 2. The van der Waals surface area contributed by atoms with Crippen molar-refractivity contribution >= 4 is 12.4 Å². The van der Waals surface area contributed by atoms with Crippen molar-refractivity contribution in [1.82, 2.24) is 4.90 Å². The largest absolute Gasteiger partial charge is 0.444 e. The van der Waals surface area contributed by atoms with Gasteiger partial charge in [0.1, 0.15) is 11.9 Å². The monoisotopic (exact) mass is 271 g/mol. The summed E-state index contributed by atoms with van der Waals surface area (Å²) >= 11 is 0. The van der Waals surface area contributed by atoms with Gasteiger partial charge >= 0.3 is 6.09 Å². The van der Waals surface area contributed by atoms with Gasteiger partial charge in [0.25, 0.3) is 0 Å². The molecule has 0 unspecified atom stereocenters. The number of aldehydes is 1. The molecule has 0 aromatic rings. The molecular formula is C14H25NO4. The van der Waals surface area contributed by atoms with Crippen molar-refractivity contribution in [2.75, 3.05) is 19.7 Å². The molecule has 0 aromatic heterocycles. The van der Waals surface area contributed by atoms with Crippen molar-refractivity contribution < 1.29 is 19.1 Å². The van der Waals surface area contributed by atoms with E-state index < -0.39 is 5.60 Å². The number of piperidine rings is 1. The van der Waals surface area contributed by atoms with Crippen LogP contribution in [0.5, 0.6) is 0 Å². The summed E-state index contributed by atoms with van der Waals surface area (Å²) in [4.78, 5) is 23.9. The Morgan fingerprint density at radius 3 is 2.37 bits per heavy atom. The van der Waals surface area contributed by atoms with Crippen LogP contribution < -0.4 is 0 Å². The fraction of sp³-hybridized carbons (Fsp3) is 0.857. The summed E-state index contributed by atoms with van der Waals surface area (Å²) in [6.07, 6.45) is 2.56. The third-order valence-corrected chi connectivity index (χ3v) is 3.16. The van der Waals surface area contributed by atoms with Crippen LogP contribution in [-0.2, 0) is 14.3 Å². The number of nitrogens with zero attached hydrogens (tertiary/aromatic N) is 1. The Hall–Kier alpha value is -1.10. The summed E-state index contributed by atoms with van der Waals surface area (Å²) in [5.74, 6) is 0. The zero-order valence-corrected chi connectivity index (χ0v) is 12.4. The minimum absolute atomic E-state index is 0.235. The molecule has 1 aliphatic rings. The zero-order valence-electron chi connectivity index (χ0n) is 12.4. The van der Waals surface area contributed by atoms with Crippen molar-refractivity contribution in [1.29, 1.82) is 0 Å². The molecule has 1 amide bonds. The lowest BCUT2D eigenvalue weighted by Crippen LogP contribution is -2.48. The van der Waals surface area contributed by atoms with Crippen LogP contribution in [0, 0.1) is 0 Å². The topological polar surface area (TPSA) is 55.8 Å². The Bertz CT molecular complexity index is 314.